The van der Waals surface area contributed by atoms with Crippen LogP contribution in [0.5, 0.6) is 0 Å². The first-order valence-electron chi connectivity index (χ1n) is 12.5. The molecule has 1 nitrogen and oxygen atoms in total. The van der Waals surface area contributed by atoms with Gasteiger partial charge in [-0.1, -0.05) is 133 Å². The molecule has 0 spiro atoms. The Morgan fingerprint density at radius 3 is 1.41 bits per heavy atom. The van der Waals surface area contributed by atoms with E-state index in [4.69, 9.17) is 11.6 Å². The minimum atomic E-state index is 0.355. The summed E-state index contributed by atoms with van der Waals surface area (Å²) in [5.74, 6) is 0.355. The molecule has 2 heteroatoms. The summed E-state index contributed by atoms with van der Waals surface area (Å²) >= 11 is 5.88. The SMILES string of the molecule is CCCCCCCCCCCCCCCCCCCC(=O)Cc1ccc(Cl)cc1. The molecule has 0 aliphatic carbocycles. The average molecular weight is 421 g/mol. The van der Waals surface area contributed by atoms with E-state index in [-0.39, 0.29) is 0 Å². The lowest BCUT2D eigenvalue weighted by Gasteiger charge is -2.04. The van der Waals surface area contributed by atoms with Crippen molar-refractivity contribution in [2.75, 3.05) is 0 Å². The molecule has 166 valence electrons. The summed E-state index contributed by atoms with van der Waals surface area (Å²) in [5.41, 5.74) is 1.08. The molecule has 0 bridgehead atoms. The van der Waals surface area contributed by atoms with Crippen molar-refractivity contribution in [3.8, 4) is 0 Å². The minimum absolute atomic E-state index is 0.355. The molecule has 1 aromatic carbocycles. The molecule has 0 aliphatic rings. The van der Waals surface area contributed by atoms with Gasteiger partial charge in [0.25, 0.3) is 0 Å². The van der Waals surface area contributed by atoms with Gasteiger partial charge in [-0.2, -0.15) is 0 Å². The van der Waals surface area contributed by atoms with Crippen LogP contribution in [0.15, 0.2) is 24.3 Å². The maximum Gasteiger partial charge on any atom is 0.137 e. The maximum atomic E-state index is 12.0. The summed E-state index contributed by atoms with van der Waals surface area (Å²) in [5, 5.41) is 0.731. The number of carbonyl (C=O) groups is 1. The minimum Gasteiger partial charge on any atom is -0.299 e. The number of hydrogen-bond donors (Lipinski definition) is 0. The van der Waals surface area contributed by atoms with Gasteiger partial charge in [-0.05, 0) is 24.1 Å². The molecule has 0 heterocycles. The summed E-state index contributed by atoms with van der Waals surface area (Å²) in [6.45, 7) is 2.29. The third-order valence-corrected chi connectivity index (χ3v) is 6.13. The topological polar surface area (TPSA) is 17.1 Å². The van der Waals surface area contributed by atoms with Crippen LogP contribution in [0.25, 0.3) is 0 Å². The summed E-state index contributed by atoms with van der Waals surface area (Å²) < 4.78 is 0. The van der Waals surface area contributed by atoms with Crippen molar-refractivity contribution in [3.05, 3.63) is 34.9 Å². The molecule has 0 fully saturated rings. The zero-order valence-electron chi connectivity index (χ0n) is 19.0. The van der Waals surface area contributed by atoms with Gasteiger partial charge in [0.2, 0.25) is 0 Å². The van der Waals surface area contributed by atoms with Gasteiger partial charge in [-0.25, -0.2) is 0 Å². The molecule has 1 aromatic rings. The average Bonchev–Trinajstić information content (AvgIpc) is 2.72. The first-order chi connectivity index (χ1) is 14.2. The van der Waals surface area contributed by atoms with E-state index in [2.05, 4.69) is 6.92 Å². The molecule has 0 N–H and O–H groups in total. The Morgan fingerprint density at radius 1 is 0.621 bits per heavy atom. The molecule has 0 saturated heterocycles. The van der Waals surface area contributed by atoms with Crippen LogP contribution < -0.4 is 0 Å². The lowest BCUT2D eigenvalue weighted by atomic mass is 10.0. The third kappa shape index (κ3) is 16.6. The Labute approximate surface area is 186 Å². The van der Waals surface area contributed by atoms with Gasteiger partial charge in [-0.15, -0.1) is 0 Å². The standard InChI is InChI=1S/C27H45ClO/c1-2-3-4-5-6-7-8-9-10-11-12-13-14-15-16-17-18-19-27(29)24-25-20-22-26(28)23-21-25/h20-23H,2-19,24H2,1H3. The molecule has 0 aromatic heterocycles. The van der Waals surface area contributed by atoms with Crippen LogP contribution in [0.1, 0.15) is 128 Å². The van der Waals surface area contributed by atoms with Crippen molar-refractivity contribution in [2.24, 2.45) is 0 Å². The fourth-order valence-corrected chi connectivity index (χ4v) is 4.09. The maximum absolute atomic E-state index is 12.0. The third-order valence-electron chi connectivity index (χ3n) is 5.87. The molecular formula is C27H45ClO. The van der Waals surface area contributed by atoms with Gasteiger partial charge >= 0.3 is 0 Å². The highest BCUT2D eigenvalue weighted by Gasteiger charge is 2.04. The van der Waals surface area contributed by atoms with E-state index < -0.39 is 0 Å². The number of hydrogen-bond acceptors (Lipinski definition) is 1. The van der Waals surface area contributed by atoms with E-state index >= 15 is 0 Å². The molecule has 0 radical (unpaired) electrons. The summed E-state index contributed by atoms with van der Waals surface area (Å²) in [6, 6.07) is 7.63. The molecule has 0 saturated carbocycles. The highest BCUT2D eigenvalue weighted by molar-refractivity contribution is 6.30. The highest BCUT2D eigenvalue weighted by atomic mass is 35.5. The Balaban J connectivity index is 1.77. The number of Topliss-reactive ketones (excluding diaryl/α,β-unsaturated/α-hetero) is 1. The lowest BCUT2D eigenvalue weighted by molar-refractivity contribution is -0.118. The number of unbranched alkanes of at least 4 members (excludes halogenated alkanes) is 16. The smallest absolute Gasteiger partial charge is 0.137 e. The van der Waals surface area contributed by atoms with Gasteiger partial charge in [0.15, 0.2) is 0 Å². The summed E-state index contributed by atoms with van der Waals surface area (Å²) in [7, 11) is 0. The van der Waals surface area contributed by atoms with E-state index in [9.17, 15) is 4.79 Å². The quantitative estimate of drug-likeness (QED) is 0.192. The Kier molecular flexibility index (Phi) is 17.3. The molecule has 1 rings (SSSR count). The molecule has 0 atom stereocenters. The lowest BCUT2D eigenvalue weighted by Crippen LogP contribution is -2.02. The normalized spacial score (nSPS) is 11.1. The van der Waals surface area contributed by atoms with Crippen molar-refractivity contribution in [2.45, 2.75) is 129 Å². The fourth-order valence-electron chi connectivity index (χ4n) is 3.97. The number of benzene rings is 1. The van der Waals surface area contributed by atoms with Crippen molar-refractivity contribution in [1.29, 1.82) is 0 Å². The summed E-state index contributed by atoms with van der Waals surface area (Å²) in [6.07, 6.45) is 24.6. The predicted octanol–water partition coefficient (Wildman–Crippen LogP) is 9.49. The van der Waals surface area contributed by atoms with Crippen LogP contribution in [-0.2, 0) is 11.2 Å². The van der Waals surface area contributed by atoms with Crippen molar-refractivity contribution < 1.29 is 4.79 Å². The zero-order valence-corrected chi connectivity index (χ0v) is 19.8. The van der Waals surface area contributed by atoms with E-state index in [1.54, 1.807) is 0 Å². The zero-order chi connectivity index (χ0) is 21.0. The molecule has 0 aliphatic heterocycles. The Bertz CT molecular complexity index is 494. The van der Waals surface area contributed by atoms with Gasteiger partial charge in [0.05, 0.1) is 0 Å². The predicted molar refractivity (Wildman–Crippen MR) is 129 cm³/mol. The van der Waals surface area contributed by atoms with E-state index in [0.29, 0.717) is 12.2 Å². The molecular weight excluding hydrogens is 376 g/mol. The van der Waals surface area contributed by atoms with Gasteiger partial charge < -0.3 is 0 Å². The van der Waals surface area contributed by atoms with E-state index in [0.717, 1.165) is 23.4 Å². The van der Waals surface area contributed by atoms with Crippen LogP contribution in [0.4, 0.5) is 0 Å². The van der Waals surface area contributed by atoms with Crippen molar-refractivity contribution in [1.82, 2.24) is 0 Å². The van der Waals surface area contributed by atoms with E-state index in [1.807, 2.05) is 24.3 Å². The first-order valence-corrected chi connectivity index (χ1v) is 12.9. The number of rotatable bonds is 20. The van der Waals surface area contributed by atoms with Crippen LogP contribution >= 0.6 is 11.6 Å². The second kappa shape index (κ2) is 19.2. The van der Waals surface area contributed by atoms with Crippen molar-refractivity contribution in [3.63, 3.8) is 0 Å². The summed E-state index contributed by atoms with van der Waals surface area (Å²) in [4.78, 5) is 12.0. The molecule has 0 unspecified atom stereocenters. The van der Waals surface area contributed by atoms with Gasteiger partial charge in [0.1, 0.15) is 5.78 Å². The van der Waals surface area contributed by atoms with E-state index in [1.165, 1.54) is 103 Å². The Morgan fingerprint density at radius 2 is 1.00 bits per heavy atom. The van der Waals surface area contributed by atoms with Crippen LogP contribution in [0, 0.1) is 0 Å². The largest absolute Gasteiger partial charge is 0.299 e. The van der Waals surface area contributed by atoms with Gasteiger partial charge in [-0.3, -0.25) is 4.79 Å². The van der Waals surface area contributed by atoms with Gasteiger partial charge in [0, 0.05) is 17.9 Å². The number of halogens is 1. The van der Waals surface area contributed by atoms with Crippen LogP contribution in [0.2, 0.25) is 5.02 Å². The Hall–Kier alpha value is -0.820. The highest BCUT2D eigenvalue weighted by Crippen LogP contribution is 2.15. The monoisotopic (exact) mass is 420 g/mol. The van der Waals surface area contributed by atoms with Crippen molar-refractivity contribution >= 4 is 17.4 Å². The first kappa shape index (κ1) is 26.2. The number of carbonyl (C=O) groups excluding carboxylic acids is 1. The molecule has 0 amide bonds. The molecule has 29 heavy (non-hydrogen) atoms. The second-order valence-corrected chi connectivity index (χ2v) is 9.19. The fraction of sp³-hybridized carbons (Fsp3) is 0.741. The van der Waals surface area contributed by atoms with Crippen LogP contribution in [-0.4, -0.2) is 5.78 Å². The second-order valence-electron chi connectivity index (χ2n) is 8.75. The van der Waals surface area contributed by atoms with Crippen LogP contribution in [0.3, 0.4) is 0 Å². The number of ketones is 1.